The van der Waals surface area contributed by atoms with Crippen LogP contribution in [0.5, 0.6) is 5.75 Å². The minimum atomic E-state index is 0.403. The molecule has 0 saturated carbocycles. The predicted octanol–water partition coefficient (Wildman–Crippen LogP) is 3.69. The van der Waals surface area contributed by atoms with Crippen LogP contribution in [0, 0.1) is 0 Å². The highest BCUT2D eigenvalue weighted by molar-refractivity contribution is 9.11. The van der Waals surface area contributed by atoms with Gasteiger partial charge in [-0.05, 0) is 34.1 Å². The third-order valence-electron chi connectivity index (χ3n) is 2.23. The quantitative estimate of drug-likeness (QED) is 0.932. The van der Waals surface area contributed by atoms with Crippen LogP contribution in [0.2, 0.25) is 5.02 Å². The molecule has 1 heterocycles. The van der Waals surface area contributed by atoms with Crippen molar-refractivity contribution in [1.29, 1.82) is 0 Å². The summed E-state index contributed by atoms with van der Waals surface area (Å²) >= 11 is 10.9. The fourth-order valence-electron chi connectivity index (χ4n) is 1.42. The maximum atomic E-state index is 5.99. The largest absolute Gasteiger partial charge is 0.496 e. The summed E-state index contributed by atoms with van der Waals surface area (Å²) in [5.41, 5.74) is 7.32. The number of hydrogen-bond acceptors (Lipinski definition) is 4. The number of aromatic nitrogens is 1. The monoisotopic (exact) mass is 332 g/mol. The number of benzene rings is 1. The highest BCUT2D eigenvalue weighted by Crippen LogP contribution is 2.38. The van der Waals surface area contributed by atoms with Gasteiger partial charge in [0.05, 0.1) is 22.2 Å². The molecule has 0 radical (unpaired) electrons. The summed E-state index contributed by atoms with van der Waals surface area (Å²) in [7, 11) is 1.62. The first kappa shape index (κ1) is 12.8. The van der Waals surface area contributed by atoms with Crippen LogP contribution >= 0.6 is 38.9 Å². The number of nitrogens with two attached hydrogens (primary N) is 1. The summed E-state index contributed by atoms with van der Waals surface area (Å²) in [5, 5.41) is 1.50. The first-order chi connectivity index (χ1) is 8.15. The van der Waals surface area contributed by atoms with Gasteiger partial charge < -0.3 is 10.5 Å². The Morgan fingerprint density at radius 1 is 1.53 bits per heavy atom. The van der Waals surface area contributed by atoms with Crippen LogP contribution in [0.25, 0.3) is 10.6 Å². The summed E-state index contributed by atoms with van der Waals surface area (Å²) < 4.78 is 6.24. The third kappa shape index (κ3) is 2.63. The number of hydrogen-bond donors (Lipinski definition) is 1. The Balaban J connectivity index is 2.54. The maximum Gasteiger partial charge on any atom is 0.129 e. The summed E-state index contributed by atoms with van der Waals surface area (Å²) in [6.07, 6.45) is 0. The molecular weight excluding hydrogens is 324 g/mol. The van der Waals surface area contributed by atoms with E-state index in [4.69, 9.17) is 22.1 Å². The smallest absolute Gasteiger partial charge is 0.129 e. The second kappa shape index (κ2) is 5.35. The number of methoxy groups -OCH3 is 1. The zero-order valence-corrected chi connectivity index (χ0v) is 12.2. The molecule has 1 aromatic carbocycles. The van der Waals surface area contributed by atoms with Crippen LogP contribution in [0.3, 0.4) is 0 Å². The molecular formula is C11H10BrClN2OS. The Morgan fingerprint density at radius 2 is 2.29 bits per heavy atom. The lowest BCUT2D eigenvalue weighted by molar-refractivity contribution is 0.416. The van der Waals surface area contributed by atoms with E-state index in [9.17, 15) is 0 Å². The molecule has 17 heavy (non-hydrogen) atoms. The molecule has 1 aromatic heterocycles. The lowest BCUT2D eigenvalue weighted by atomic mass is 10.2. The molecule has 0 spiro atoms. The van der Waals surface area contributed by atoms with Crippen molar-refractivity contribution in [2.75, 3.05) is 7.11 Å². The molecule has 0 fully saturated rings. The molecule has 6 heteroatoms. The lowest BCUT2D eigenvalue weighted by Crippen LogP contribution is -1.97. The van der Waals surface area contributed by atoms with E-state index in [0.29, 0.717) is 11.6 Å². The highest BCUT2D eigenvalue weighted by Gasteiger charge is 2.13. The minimum absolute atomic E-state index is 0.403. The van der Waals surface area contributed by atoms with Gasteiger partial charge in [-0.1, -0.05) is 11.6 Å². The van der Waals surface area contributed by atoms with E-state index >= 15 is 0 Å². The van der Waals surface area contributed by atoms with E-state index in [1.807, 2.05) is 12.1 Å². The van der Waals surface area contributed by atoms with Crippen LogP contribution in [0.15, 0.2) is 22.0 Å². The highest BCUT2D eigenvalue weighted by atomic mass is 79.9. The molecule has 0 amide bonds. The Kier molecular flexibility index (Phi) is 4.04. The van der Waals surface area contributed by atoms with Gasteiger partial charge in [0, 0.05) is 11.6 Å². The van der Waals surface area contributed by atoms with Crippen LogP contribution in [0.1, 0.15) is 5.69 Å². The molecule has 0 bridgehead atoms. The number of ether oxygens (including phenoxy) is 1. The third-order valence-corrected chi connectivity index (χ3v) is 4.33. The van der Waals surface area contributed by atoms with E-state index in [-0.39, 0.29) is 0 Å². The van der Waals surface area contributed by atoms with Crippen LogP contribution in [-0.4, -0.2) is 12.1 Å². The summed E-state index contributed by atoms with van der Waals surface area (Å²) in [6.45, 7) is 0.403. The molecule has 90 valence electrons. The SMILES string of the molecule is COc1ccc(Cl)cc1-c1nc(CN)c(Br)s1. The van der Waals surface area contributed by atoms with Crippen molar-refractivity contribution < 1.29 is 4.74 Å². The van der Waals surface area contributed by atoms with Crippen molar-refractivity contribution in [3.05, 3.63) is 32.7 Å². The van der Waals surface area contributed by atoms with Crippen molar-refractivity contribution in [2.45, 2.75) is 6.54 Å². The van der Waals surface area contributed by atoms with Crippen LogP contribution < -0.4 is 10.5 Å². The van der Waals surface area contributed by atoms with Gasteiger partial charge in [-0.15, -0.1) is 11.3 Å². The fraction of sp³-hybridized carbons (Fsp3) is 0.182. The molecule has 0 aliphatic carbocycles. The van der Waals surface area contributed by atoms with Gasteiger partial charge >= 0.3 is 0 Å². The molecule has 2 rings (SSSR count). The minimum Gasteiger partial charge on any atom is -0.496 e. The topological polar surface area (TPSA) is 48.1 Å². The summed E-state index contributed by atoms with van der Waals surface area (Å²) in [4.78, 5) is 4.46. The van der Waals surface area contributed by atoms with Crippen molar-refractivity contribution >= 4 is 38.9 Å². The maximum absolute atomic E-state index is 5.99. The molecule has 3 nitrogen and oxygen atoms in total. The van der Waals surface area contributed by atoms with Gasteiger partial charge in [0.2, 0.25) is 0 Å². The van der Waals surface area contributed by atoms with Crippen LogP contribution in [-0.2, 0) is 6.54 Å². The average Bonchev–Trinajstić information content (AvgIpc) is 2.70. The molecule has 0 unspecified atom stereocenters. The normalized spacial score (nSPS) is 10.6. The number of rotatable bonds is 3. The van der Waals surface area contributed by atoms with Gasteiger partial charge in [-0.2, -0.15) is 0 Å². The first-order valence-corrected chi connectivity index (χ1v) is 6.83. The Labute approximate surface area is 117 Å². The van der Waals surface area contributed by atoms with Gasteiger partial charge in [0.15, 0.2) is 0 Å². The molecule has 2 N–H and O–H groups in total. The standard InChI is InChI=1S/C11H10BrClN2OS/c1-16-9-3-2-6(13)4-7(9)11-15-8(5-14)10(12)17-11/h2-4H,5,14H2,1H3. The first-order valence-electron chi connectivity index (χ1n) is 4.85. The second-order valence-electron chi connectivity index (χ2n) is 3.29. The Hall–Kier alpha value is -0.620. The average molecular weight is 334 g/mol. The van der Waals surface area contributed by atoms with Crippen molar-refractivity contribution in [3.8, 4) is 16.3 Å². The number of nitrogens with zero attached hydrogens (tertiary/aromatic N) is 1. The summed E-state index contributed by atoms with van der Waals surface area (Å²) in [6, 6.07) is 5.46. The van der Waals surface area contributed by atoms with E-state index < -0.39 is 0 Å². The Bertz CT molecular complexity index is 544. The molecule has 0 atom stereocenters. The van der Waals surface area contributed by atoms with E-state index in [2.05, 4.69) is 20.9 Å². The second-order valence-corrected chi connectivity index (χ2v) is 6.04. The van der Waals surface area contributed by atoms with Crippen LogP contribution in [0.4, 0.5) is 0 Å². The van der Waals surface area contributed by atoms with E-state index in [1.54, 1.807) is 13.2 Å². The van der Waals surface area contributed by atoms with E-state index in [0.717, 1.165) is 25.8 Å². The predicted molar refractivity (Wildman–Crippen MR) is 74.7 cm³/mol. The zero-order valence-electron chi connectivity index (χ0n) is 9.04. The molecule has 0 aliphatic rings. The fourth-order valence-corrected chi connectivity index (χ4v) is 3.15. The number of halogens is 2. The summed E-state index contributed by atoms with van der Waals surface area (Å²) in [5.74, 6) is 0.749. The molecule has 2 aromatic rings. The lowest BCUT2D eigenvalue weighted by Gasteiger charge is -2.05. The van der Waals surface area contributed by atoms with Gasteiger partial charge in [0.25, 0.3) is 0 Å². The number of thiazole rings is 1. The van der Waals surface area contributed by atoms with E-state index in [1.165, 1.54) is 11.3 Å². The zero-order chi connectivity index (χ0) is 12.4. The van der Waals surface area contributed by atoms with Crippen molar-refractivity contribution in [3.63, 3.8) is 0 Å². The Morgan fingerprint density at radius 3 is 2.88 bits per heavy atom. The molecule has 0 saturated heterocycles. The van der Waals surface area contributed by atoms with Gasteiger partial charge in [0.1, 0.15) is 10.8 Å². The van der Waals surface area contributed by atoms with Gasteiger partial charge in [-0.3, -0.25) is 0 Å². The molecule has 0 aliphatic heterocycles. The van der Waals surface area contributed by atoms with Crippen molar-refractivity contribution in [2.24, 2.45) is 5.73 Å². The van der Waals surface area contributed by atoms with Gasteiger partial charge in [-0.25, -0.2) is 4.98 Å². The van der Waals surface area contributed by atoms with Crippen molar-refractivity contribution in [1.82, 2.24) is 4.98 Å².